The molecule has 2 rings (SSSR count). The highest BCUT2D eigenvalue weighted by atomic mass is 16.5. The van der Waals surface area contributed by atoms with Crippen LogP contribution in [0.2, 0.25) is 0 Å². The van der Waals surface area contributed by atoms with Crippen molar-refractivity contribution in [2.45, 2.75) is 51.7 Å². The molecular formula is C11H21NO. The predicted molar refractivity (Wildman–Crippen MR) is 53.5 cm³/mol. The highest BCUT2D eigenvalue weighted by Gasteiger charge is 2.58. The normalized spacial score (nSPS) is 48.0. The van der Waals surface area contributed by atoms with Crippen molar-refractivity contribution in [1.29, 1.82) is 0 Å². The second kappa shape index (κ2) is 2.71. The molecule has 0 radical (unpaired) electrons. The third kappa shape index (κ3) is 1.50. The lowest BCUT2D eigenvalue weighted by atomic mass is 9.91. The van der Waals surface area contributed by atoms with Gasteiger partial charge in [-0.2, -0.15) is 0 Å². The lowest BCUT2D eigenvalue weighted by molar-refractivity contribution is -0.0465. The third-order valence-corrected chi connectivity index (χ3v) is 3.91. The fraction of sp³-hybridized carbons (Fsp3) is 1.00. The van der Waals surface area contributed by atoms with Crippen molar-refractivity contribution in [1.82, 2.24) is 0 Å². The van der Waals surface area contributed by atoms with Crippen molar-refractivity contribution in [2.75, 3.05) is 6.54 Å². The van der Waals surface area contributed by atoms with E-state index in [0.29, 0.717) is 18.1 Å². The molecule has 13 heavy (non-hydrogen) atoms. The monoisotopic (exact) mass is 183 g/mol. The van der Waals surface area contributed by atoms with Crippen LogP contribution in [0.15, 0.2) is 0 Å². The zero-order valence-electron chi connectivity index (χ0n) is 8.97. The molecule has 0 aromatic carbocycles. The fourth-order valence-corrected chi connectivity index (χ4v) is 2.88. The average molecular weight is 183 g/mol. The molecule has 1 aliphatic heterocycles. The molecule has 2 heteroatoms. The highest BCUT2D eigenvalue weighted by molar-refractivity contribution is 5.08. The van der Waals surface area contributed by atoms with Crippen molar-refractivity contribution >= 4 is 0 Å². The van der Waals surface area contributed by atoms with Gasteiger partial charge >= 0.3 is 0 Å². The van der Waals surface area contributed by atoms with Crippen LogP contribution in [0.4, 0.5) is 0 Å². The molecule has 1 saturated heterocycles. The zero-order chi connectivity index (χ0) is 9.69. The van der Waals surface area contributed by atoms with E-state index >= 15 is 0 Å². The van der Waals surface area contributed by atoms with Crippen LogP contribution in [-0.2, 0) is 4.74 Å². The van der Waals surface area contributed by atoms with E-state index in [0.717, 1.165) is 12.3 Å². The SMILES string of the molecule is CC1(C)CC1C1(C)CCC(CN)O1. The molecule has 2 fully saturated rings. The van der Waals surface area contributed by atoms with Crippen molar-refractivity contribution in [2.24, 2.45) is 17.1 Å². The summed E-state index contributed by atoms with van der Waals surface area (Å²) in [5, 5.41) is 0. The Morgan fingerprint density at radius 3 is 2.38 bits per heavy atom. The molecule has 76 valence electrons. The van der Waals surface area contributed by atoms with E-state index in [1.807, 2.05) is 0 Å². The molecule has 1 aliphatic carbocycles. The van der Waals surface area contributed by atoms with E-state index in [1.54, 1.807) is 0 Å². The van der Waals surface area contributed by atoms with Gasteiger partial charge in [0.2, 0.25) is 0 Å². The molecule has 0 amide bonds. The minimum absolute atomic E-state index is 0.132. The first kappa shape index (κ1) is 9.47. The van der Waals surface area contributed by atoms with E-state index < -0.39 is 0 Å². The van der Waals surface area contributed by atoms with Crippen molar-refractivity contribution in [3.63, 3.8) is 0 Å². The Labute approximate surface area is 80.8 Å². The average Bonchev–Trinajstić information content (AvgIpc) is 2.56. The molecule has 0 aromatic heterocycles. The first-order valence-electron chi connectivity index (χ1n) is 5.36. The molecule has 3 unspecified atom stereocenters. The van der Waals surface area contributed by atoms with E-state index in [1.165, 1.54) is 12.8 Å². The fourth-order valence-electron chi connectivity index (χ4n) is 2.88. The van der Waals surface area contributed by atoms with E-state index in [4.69, 9.17) is 10.5 Å². The van der Waals surface area contributed by atoms with Crippen molar-refractivity contribution < 1.29 is 4.74 Å². The smallest absolute Gasteiger partial charge is 0.0705 e. The van der Waals surface area contributed by atoms with Gasteiger partial charge in [-0.15, -0.1) is 0 Å². The van der Waals surface area contributed by atoms with Crippen LogP contribution >= 0.6 is 0 Å². The Morgan fingerprint density at radius 2 is 2.00 bits per heavy atom. The number of ether oxygens (including phenoxy) is 1. The quantitative estimate of drug-likeness (QED) is 0.710. The summed E-state index contributed by atoms with van der Waals surface area (Å²) < 4.78 is 6.03. The molecule has 2 nitrogen and oxygen atoms in total. The summed E-state index contributed by atoms with van der Waals surface area (Å²) in [7, 11) is 0. The van der Waals surface area contributed by atoms with Crippen LogP contribution in [0.3, 0.4) is 0 Å². The summed E-state index contributed by atoms with van der Waals surface area (Å²) in [5.41, 5.74) is 6.26. The van der Waals surface area contributed by atoms with Crippen LogP contribution in [-0.4, -0.2) is 18.2 Å². The van der Waals surface area contributed by atoms with Gasteiger partial charge in [0, 0.05) is 6.54 Å². The van der Waals surface area contributed by atoms with Gasteiger partial charge in [0.25, 0.3) is 0 Å². The van der Waals surface area contributed by atoms with Crippen LogP contribution in [0.5, 0.6) is 0 Å². The molecule has 1 heterocycles. The third-order valence-electron chi connectivity index (χ3n) is 3.91. The van der Waals surface area contributed by atoms with Crippen LogP contribution in [0.25, 0.3) is 0 Å². The van der Waals surface area contributed by atoms with Crippen molar-refractivity contribution in [3.8, 4) is 0 Å². The molecule has 0 aromatic rings. The second-order valence-electron chi connectivity index (χ2n) is 5.57. The number of rotatable bonds is 2. The van der Waals surface area contributed by atoms with Gasteiger partial charge in [0.15, 0.2) is 0 Å². The molecule has 1 saturated carbocycles. The van der Waals surface area contributed by atoms with E-state index in [2.05, 4.69) is 20.8 Å². The summed E-state index contributed by atoms with van der Waals surface area (Å²) in [6.45, 7) is 7.62. The first-order chi connectivity index (χ1) is 5.98. The number of nitrogens with two attached hydrogens (primary N) is 1. The maximum Gasteiger partial charge on any atom is 0.0705 e. The van der Waals surface area contributed by atoms with Crippen LogP contribution < -0.4 is 5.73 Å². The lowest BCUT2D eigenvalue weighted by Crippen LogP contribution is -2.31. The zero-order valence-corrected chi connectivity index (χ0v) is 8.97. The Hall–Kier alpha value is -0.0800. The summed E-state index contributed by atoms with van der Waals surface area (Å²) >= 11 is 0. The van der Waals surface area contributed by atoms with Gasteiger partial charge in [0.1, 0.15) is 0 Å². The van der Waals surface area contributed by atoms with Crippen molar-refractivity contribution in [3.05, 3.63) is 0 Å². The van der Waals surface area contributed by atoms with Gasteiger partial charge in [-0.25, -0.2) is 0 Å². The molecule has 0 bridgehead atoms. The molecule has 2 N–H and O–H groups in total. The predicted octanol–water partition coefficient (Wildman–Crippen LogP) is 1.93. The Morgan fingerprint density at radius 1 is 1.38 bits per heavy atom. The first-order valence-corrected chi connectivity index (χ1v) is 5.36. The highest BCUT2D eigenvalue weighted by Crippen LogP contribution is 2.61. The molecule has 0 spiro atoms. The minimum atomic E-state index is 0.132. The Bertz CT molecular complexity index is 214. The molecule has 2 aliphatic rings. The van der Waals surface area contributed by atoms with Gasteiger partial charge in [-0.3, -0.25) is 0 Å². The maximum absolute atomic E-state index is 6.03. The lowest BCUT2D eigenvalue weighted by Gasteiger charge is -2.26. The standard InChI is InChI=1S/C11H21NO/c1-10(2)6-9(10)11(3)5-4-8(7-12)13-11/h8-9H,4-7,12H2,1-3H3. The second-order valence-corrected chi connectivity index (χ2v) is 5.57. The minimum Gasteiger partial charge on any atom is -0.370 e. The summed E-state index contributed by atoms with van der Waals surface area (Å²) in [6.07, 6.45) is 3.99. The number of hydrogen-bond acceptors (Lipinski definition) is 2. The summed E-state index contributed by atoms with van der Waals surface area (Å²) in [6, 6.07) is 0. The van der Waals surface area contributed by atoms with Crippen LogP contribution in [0, 0.1) is 11.3 Å². The van der Waals surface area contributed by atoms with Gasteiger partial charge < -0.3 is 10.5 Å². The maximum atomic E-state index is 6.03. The topological polar surface area (TPSA) is 35.2 Å². The van der Waals surface area contributed by atoms with Crippen LogP contribution in [0.1, 0.15) is 40.0 Å². The largest absolute Gasteiger partial charge is 0.370 e. The Kier molecular flexibility index (Phi) is 1.97. The summed E-state index contributed by atoms with van der Waals surface area (Å²) in [5.74, 6) is 0.761. The molecular weight excluding hydrogens is 162 g/mol. The number of hydrogen-bond donors (Lipinski definition) is 1. The Balaban J connectivity index is 2.00. The van der Waals surface area contributed by atoms with E-state index in [-0.39, 0.29) is 5.60 Å². The van der Waals surface area contributed by atoms with Gasteiger partial charge in [-0.1, -0.05) is 13.8 Å². The summed E-state index contributed by atoms with van der Waals surface area (Å²) in [4.78, 5) is 0. The van der Waals surface area contributed by atoms with Gasteiger partial charge in [-0.05, 0) is 37.5 Å². The van der Waals surface area contributed by atoms with E-state index in [9.17, 15) is 0 Å². The van der Waals surface area contributed by atoms with Gasteiger partial charge in [0.05, 0.1) is 11.7 Å². The molecule has 3 atom stereocenters.